The Hall–Kier alpha value is -1.85. The SMILES string of the molecule is CCC(CC)Oc1cc(-c2c(F)cc(Cl)cc2F)cc2c1O[C@H]1CCNC[C@@H]21. The molecule has 0 unspecified atom stereocenters. The van der Waals surface area contributed by atoms with Crippen LogP contribution in [-0.4, -0.2) is 25.3 Å². The van der Waals surface area contributed by atoms with Crippen LogP contribution in [0.25, 0.3) is 11.1 Å². The fourth-order valence-electron chi connectivity index (χ4n) is 4.15. The zero-order valence-electron chi connectivity index (χ0n) is 16.0. The Balaban J connectivity index is 1.85. The summed E-state index contributed by atoms with van der Waals surface area (Å²) in [5, 5.41) is 3.42. The summed E-state index contributed by atoms with van der Waals surface area (Å²) in [6, 6.07) is 5.80. The van der Waals surface area contributed by atoms with Crippen molar-refractivity contribution in [2.24, 2.45) is 0 Å². The molecule has 0 aliphatic carbocycles. The van der Waals surface area contributed by atoms with E-state index in [1.807, 2.05) is 6.07 Å². The second-order valence-corrected chi connectivity index (χ2v) is 7.89. The fraction of sp³-hybridized carbons (Fsp3) is 0.455. The van der Waals surface area contributed by atoms with Crippen molar-refractivity contribution in [2.45, 2.75) is 51.2 Å². The molecule has 3 nitrogen and oxygen atoms in total. The third kappa shape index (κ3) is 3.46. The molecule has 0 spiro atoms. The largest absolute Gasteiger partial charge is 0.487 e. The molecule has 2 aromatic rings. The van der Waals surface area contributed by atoms with Crippen molar-refractivity contribution >= 4 is 11.6 Å². The van der Waals surface area contributed by atoms with Crippen molar-refractivity contribution in [3.63, 3.8) is 0 Å². The molecular formula is C22H24ClF2NO2. The number of ether oxygens (including phenoxy) is 2. The molecule has 1 saturated heterocycles. The van der Waals surface area contributed by atoms with E-state index in [-0.39, 0.29) is 28.7 Å². The summed E-state index contributed by atoms with van der Waals surface area (Å²) in [4.78, 5) is 0. The number of hydrogen-bond acceptors (Lipinski definition) is 3. The second-order valence-electron chi connectivity index (χ2n) is 7.45. The average Bonchev–Trinajstić information content (AvgIpc) is 3.04. The Morgan fingerprint density at radius 2 is 1.89 bits per heavy atom. The van der Waals surface area contributed by atoms with Gasteiger partial charge in [0.2, 0.25) is 0 Å². The number of nitrogens with one attached hydrogen (secondary N) is 1. The van der Waals surface area contributed by atoms with E-state index in [0.29, 0.717) is 17.1 Å². The summed E-state index contributed by atoms with van der Waals surface area (Å²) in [5.74, 6) is 0.0472. The van der Waals surface area contributed by atoms with Crippen LogP contribution in [-0.2, 0) is 0 Å². The average molecular weight is 408 g/mol. The highest BCUT2D eigenvalue weighted by molar-refractivity contribution is 6.30. The number of rotatable bonds is 5. The van der Waals surface area contributed by atoms with Gasteiger partial charge in [-0.2, -0.15) is 0 Å². The Kier molecular flexibility index (Phi) is 5.48. The van der Waals surface area contributed by atoms with E-state index in [9.17, 15) is 8.78 Å². The number of piperidine rings is 1. The van der Waals surface area contributed by atoms with Gasteiger partial charge in [-0.25, -0.2) is 8.78 Å². The summed E-state index contributed by atoms with van der Waals surface area (Å²) < 4.78 is 41.6. The lowest BCUT2D eigenvalue weighted by molar-refractivity contribution is 0.151. The van der Waals surface area contributed by atoms with Crippen LogP contribution in [0.2, 0.25) is 5.02 Å². The first-order valence-corrected chi connectivity index (χ1v) is 10.3. The molecule has 4 rings (SSSR count). The van der Waals surface area contributed by atoms with Crippen LogP contribution < -0.4 is 14.8 Å². The van der Waals surface area contributed by atoms with Gasteiger partial charge in [-0.1, -0.05) is 25.4 Å². The van der Waals surface area contributed by atoms with Crippen molar-refractivity contribution in [1.29, 1.82) is 0 Å². The highest BCUT2D eigenvalue weighted by atomic mass is 35.5. The normalized spacial score (nSPS) is 20.6. The lowest BCUT2D eigenvalue weighted by Crippen LogP contribution is -2.37. The molecule has 6 heteroatoms. The van der Waals surface area contributed by atoms with Gasteiger partial charge in [-0.3, -0.25) is 0 Å². The molecule has 0 saturated carbocycles. The quantitative estimate of drug-likeness (QED) is 0.690. The molecule has 2 heterocycles. The van der Waals surface area contributed by atoms with Crippen LogP contribution in [0.1, 0.15) is 44.6 Å². The number of halogens is 3. The van der Waals surface area contributed by atoms with Gasteiger partial charge in [-0.05, 0) is 55.6 Å². The minimum absolute atomic E-state index is 0.0172. The van der Waals surface area contributed by atoms with E-state index >= 15 is 0 Å². The van der Waals surface area contributed by atoms with Gasteiger partial charge in [-0.15, -0.1) is 0 Å². The number of hydrogen-bond donors (Lipinski definition) is 1. The molecule has 1 fully saturated rings. The summed E-state index contributed by atoms with van der Waals surface area (Å²) in [6.07, 6.45) is 2.66. The first-order chi connectivity index (χ1) is 13.5. The molecule has 1 N–H and O–H groups in total. The maximum absolute atomic E-state index is 14.6. The maximum atomic E-state index is 14.6. The first-order valence-electron chi connectivity index (χ1n) is 9.88. The molecule has 0 radical (unpaired) electrons. The van der Waals surface area contributed by atoms with Gasteiger partial charge in [0.15, 0.2) is 11.5 Å². The monoisotopic (exact) mass is 407 g/mol. The topological polar surface area (TPSA) is 30.5 Å². The number of benzene rings is 2. The van der Waals surface area contributed by atoms with E-state index in [1.165, 1.54) is 0 Å². The van der Waals surface area contributed by atoms with Crippen molar-refractivity contribution in [3.8, 4) is 22.6 Å². The molecule has 0 aromatic heterocycles. The zero-order chi connectivity index (χ0) is 19.8. The summed E-state index contributed by atoms with van der Waals surface area (Å²) in [6.45, 7) is 5.78. The Morgan fingerprint density at radius 1 is 1.18 bits per heavy atom. The Labute approximate surface area is 169 Å². The van der Waals surface area contributed by atoms with Crippen LogP contribution in [0.5, 0.6) is 11.5 Å². The molecule has 0 bridgehead atoms. The summed E-state index contributed by atoms with van der Waals surface area (Å²) in [5.41, 5.74) is 1.31. The molecule has 2 aliphatic heterocycles. The van der Waals surface area contributed by atoms with Crippen LogP contribution in [0.3, 0.4) is 0 Å². The van der Waals surface area contributed by atoms with Crippen molar-refractivity contribution in [2.75, 3.05) is 13.1 Å². The van der Waals surface area contributed by atoms with Gasteiger partial charge >= 0.3 is 0 Å². The maximum Gasteiger partial charge on any atom is 0.165 e. The molecule has 0 amide bonds. The minimum Gasteiger partial charge on any atom is -0.487 e. The van der Waals surface area contributed by atoms with Crippen LogP contribution in [0.15, 0.2) is 24.3 Å². The van der Waals surface area contributed by atoms with Gasteiger partial charge < -0.3 is 14.8 Å². The fourth-order valence-corrected chi connectivity index (χ4v) is 4.34. The molecular weight excluding hydrogens is 384 g/mol. The van der Waals surface area contributed by atoms with E-state index in [4.69, 9.17) is 21.1 Å². The van der Waals surface area contributed by atoms with Crippen molar-refractivity contribution < 1.29 is 18.3 Å². The van der Waals surface area contributed by atoms with Crippen LogP contribution in [0, 0.1) is 11.6 Å². The smallest absolute Gasteiger partial charge is 0.165 e. The predicted octanol–water partition coefficient (Wildman–Crippen LogP) is 5.69. The molecule has 2 atom stereocenters. The second kappa shape index (κ2) is 7.88. The van der Waals surface area contributed by atoms with Gasteiger partial charge in [0.25, 0.3) is 0 Å². The standard InChI is InChI=1S/C22H24ClF2NO2/c1-3-14(4-2)27-20-8-12(21-17(24)9-13(23)10-18(21)25)7-15-16-11-26-6-5-19(16)28-22(15)20/h7-10,14,16,19,26H,3-6,11H2,1-2H3/t16-,19-/m0/s1. The molecule has 2 aliphatic rings. The van der Waals surface area contributed by atoms with E-state index in [2.05, 4.69) is 19.2 Å². The molecule has 150 valence electrons. The summed E-state index contributed by atoms with van der Waals surface area (Å²) in [7, 11) is 0. The highest BCUT2D eigenvalue weighted by Gasteiger charge is 2.39. The first kappa shape index (κ1) is 19.5. The van der Waals surface area contributed by atoms with Gasteiger partial charge in [0.1, 0.15) is 17.7 Å². The van der Waals surface area contributed by atoms with Crippen LogP contribution in [0.4, 0.5) is 8.78 Å². The Bertz CT molecular complexity index is 862. The Morgan fingerprint density at radius 3 is 2.57 bits per heavy atom. The number of fused-ring (bicyclic) bond motifs is 3. The molecule has 28 heavy (non-hydrogen) atoms. The third-order valence-corrected chi connectivity index (χ3v) is 5.89. The highest BCUT2D eigenvalue weighted by Crippen LogP contribution is 2.49. The summed E-state index contributed by atoms with van der Waals surface area (Å²) >= 11 is 5.80. The van der Waals surface area contributed by atoms with Gasteiger partial charge in [0.05, 0.1) is 11.7 Å². The minimum atomic E-state index is -0.685. The van der Waals surface area contributed by atoms with E-state index in [0.717, 1.165) is 50.0 Å². The van der Waals surface area contributed by atoms with E-state index < -0.39 is 11.6 Å². The predicted molar refractivity (Wildman–Crippen MR) is 106 cm³/mol. The van der Waals surface area contributed by atoms with Crippen LogP contribution >= 0.6 is 11.6 Å². The van der Waals surface area contributed by atoms with E-state index in [1.54, 1.807) is 6.07 Å². The molecule has 2 aromatic carbocycles. The van der Waals surface area contributed by atoms with Crippen molar-refractivity contribution in [1.82, 2.24) is 5.32 Å². The lowest BCUT2D eigenvalue weighted by atomic mass is 9.89. The third-order valence-electron chi connectivity index (χ3n) is 5.67. The lowest BCUT2D eigenvalue weighted by Gasteiger charge is -2.24. The van der Waals surface area contributed by atoms with Gasteiger partial charge in [0, 0.05) is 23.0 Å². The zero-order valence-corrected chi connectivity index (χ0v) is 16.8. The van der Waals surface area contributed by atoms with Crippen molar-refractivity contribution in [3.05, 3.63) is 46.5 Å².